The van der Waals surface area contributed by atoms with Crippen molar-refractivity contribution in [1.29, 1.82) is 0 Å². The van der Waals surface area contributed by atoms with Crippen LogP contribution in [0.25, 0.3) is 0 Å². The van der Waals surface area contributed by atoms with E-state index in [2.05, 4.69) is 12.0 Å². The highest BCUT2D eigenvalue weighted by atomic mass is 16.5. The number of hydrogen-bond donors (Lipinski definition) is 2. The van der Waals surface area contributed by atoms with Gasteiger partial charge in [0.2, 0.25) is 5.91 Å². The van der Waals surface area contributed by atoms with Gasteiger partial charge in [-0.15, -0.1) is 0 Å². The van der Waals surface area contributed by atoms with Gasteiger partial charge in [-0.05, 0) is 38.5 Å². The maximum atomic E-state index is 13.7. The molecule has 1 aliphatic heterocycles. The van der Waals surface area contributed by atoms with Crippen LogP contribution in [-0.4, -0.2) is 120 Å². The minimum absolute atomic E-state index is 0.0557. The molecule has 2 heterocycles. The van der Waals surface area contributed by atoms with E-state index in [0.717, 1.165) is 18.7 Å². The predicted octanol–water partition coefficient (Wildman–Crippen LogP) is 1.48. The normalized spacial score (nSPS) is 24.4. The summed E-state index contributed by atoms with van der Waals surface area (Å²) in [5.41, 5.74) is 1.37. The Bertz CT molecular complexity index is 862. The first kappa shape index (κ1) is 32.2. The van der Waals surface area contributed by atoms with Crippen LogP contribution in [0.3, 0.4) is 0 Å². The first-order valence-corrected chi connectivity index (χ1v) is 13.7. The largest absolute Gasteiger partial charge is 0.388 e. The molecular formula is C27H48N4O7. The summed E-state index contributed by atoms with van der Waals surface area (Å²) in [7, 11) is 2.92. The van der Waals surface area contributed by atoms with Crippen LogP contribution in [0.2, 0.25) is 0 Å². The van der Waals surface area contributed by atoms with Crippen molar-refractivity contribution in [3.63, 3.8) is 0 Å². The van der Waals surface area contributed by atoms with E-state index in [0.29, 0.717) is 38.0 Å². The van der Waals surface area contributed by atoms with Crippen molar-refractivity contribution in [3.8, 4) is 0 Å². The molecule has 0 unspecified atom stereocenters. The topological polar surface area (TPSA) is 127 Å². The lowest BCUT2D eigenvalue weighted by molar-refractivity contribution is -0.152. The number of aliphatic hydroxyl groups is 2. The fraction of sp³-hybridized carbons (Fsp3) is 0.815. The molecule has 4 atom stereocenters. The number of hydrogen-bond acceptors (Lipinski definition) is 8. The van der Waals surface area contributed by atoms with E-state index >= 15 is 0 Å². The van der Waals surface area contributed by atoms with E-state index in [4.69, 9.17) is 14.2 Å². The van der Waals surface area contributed by atoms with Crippen molar-refractivity contribution < 1.29 is 34.0 Å². The van der Waals surface area contributed by atoms with Gasteiger partial charge >= 0.3 is 0 Å². The van der Waals surface area contributed by atoms with Crippen LogP contribution >= 0.6 is 0 Å². The van der Waals surface area contributed by atoms with Crippen molar-refractivity contribution in [1.82, 2.24) is 19.6 Å². The standard InChI is InChI=1S/C27H48N4O7/c1-7-10-31-20(4)21(16-28-31)27(35)29-11-8-9-14-38-17-23(32)25(34)26(37-6)22(15-19(2)3)30(13-12-29)24(33)18-36-5/h16,19,22-23,25-26,32,34H,7-15,17-18H2,1-6H3/t22-,23-,25-,26-/m0/s1. The third-order valence-corrected chi connectivity index (χ3v) is 7.01. The molecule has 2 rings (SSSR count). The number of rotatable bonds is 8. The summed E-state index contributed by atoms with van der Waals surface area (Å²) in [5, 5.41) is 26.1. The lowest BCUT2D eigenvalue weighted by Gasteiger charge is -2.41. The average Bonchev–Trinajstić information content (AvgIpc) is 3.23. The zero-order valence-corrected chi connectivity index (χ0v) is 24.0. The van der Waals surface area contributed by atoms with Crippen molar-refractivity contribution in [2.45, 2.75) is 84.3 Å². The fourth-order valence-electron chi connectivity index (χ4n) is 4.96. The molecule has 0 aliphatic carbocycles. The predicted molar refractivity (Wildman–Crippen MR) is 143 cm³/mol. The molecule has 1 saturated heterocycles. The van der Waals surface area contributed by atoms with Crippen molar-refractivity contribution in [2.75, 3.05) is 53.7 Å². The molecule has 0 radical (unpaired) electrons. The molecule has 1 aromatic rings. The highest BCUT2D eigenvalue weighted by molar-refractivity contribution is 5.95. The molecule has 2 N–H and O–H groups in total. The molecule has 1 aliphatic rings. The third-order valence-electron chi connectivity index (χ3n) is 7.01. The Kier molecular flexibility index (Phi) is 13.7. The Morgan fingerprint density at radius 1 is 1.18 bits per heavy atom. The molecule has 1 aromatic heterocycles. The zero-order chi connectivity index (χ0) is 28.2. The Labute approximate surface area is 227 Å². The number of carbonyl (C=O) groups excluding carboxylic acids is 2. The summed E-state index contributed by atoms with van der Waals surface area (Å²) < 4.78 is 18.3. The summed E-state index contributed by atoms with van der Waals surface area (Å²) >= 11 is 0. The average molecular weight is 541 g/mol. The van der Waals surface area contributed by atoms with E-state index in [-0.39, 0.29) is 44.0 Å². The van der Waals surface area contributed by atoms with Gasteiger partial charge in [0, 0.05) is 52.7 Å². The summed E-state index contributed by atoms with van der Waals surface area (Å²) in [5.74, 6) is -0.236. The van der Waals surface area contributed by atoms with E-state index in [1.54, 1.807) is 16.0 Å². The molecule has 1 fully saturated rings. The van der Waals surface area contributed by atoms with Crippen LogP contribution in [0.5, 0.6) is 0 Å². The lowest BCUT2D eigenvalue weighted by Crippen LogP contribution is -2.57. The first-order chi connectivity index (χ1) is 18.2. The smallest absolute Gasteiger partial charge is 0.257 e. The minimum Gasteiger partial charge on any atom is -0.388 e. The number of ether oxygens (including phenoxy) is 3. The summed E-state index contributed by atoms with van der Waals surface area (Å²) in [4.78, 5) is 30.4. The molecule has 38 heavy (non-hydrogen) atoms. The number of carbonyl (C=O) groups is 2. The van der Waals surface area contributed by atoms with Crippen LogP contribution in [0, 0.1) is 12.8 Å². The number of nitrogens with zero attached hydrogens (tertiary/aromatic N) is 4. The number of aryl methyl sites for hydroxylation is 1. The summed E-state index contributed by atoms with van der Waals surface area (Å²) in [6.07, 6.45) is 1.12. The lowest BCUT2D eigenvalue weighted by atomic mass is 9.92. The van der Waals surface area contributed by atoms with Gasteiger partial charge in [-0.1, -0.05) is 20.8 Å². The van der Waals surface area contributed by atoms with E-state index < -0.39 is 24.4 Å². The Hall–Kier alpha value is -2.05. The SMILES string of the molecule is CCCn1ncc(C(=O)N2CCCCOC[C@H](O)[C@H](O)[C@@H](OC)[C@H](CC(C)C)N(C(=O)COC)CC2)c1C. The van der Waals surface area contributed by atoms with Crippen LogP contribution in [0.1, 0.15) is 62.5 Å². The molecular weight excluding hydrogens is 492 g/mol. The van der Waals surface area contributed by atoms with Gasteiger partial charge in [0.15, 0.2) is 0 Å². The number of aliphatic hydroxyl groups excluding tert-OH is 2. The Morgan fingerprint density at radius 2 is 1.92 bits per heavy atom. The molecule has 0 aromatic carbocycles. The van der Waals surface area contributed by atoms with Gasteiger partial charge in [0.25, 0.3) is 5.91 Å². The van der Waals surface area contributed by atoms with Crippen LogP contribution in [-0.2, 0) is 25.5 Å². The zero-order valence-electron chi connectivity index (χ0n) is 24.0. The molecule has 0 bridgehead atoms. The Balaban J connectivity index is 2.44. The number of aromatic nitrogens is 2. The van der Waals surface area contributed by atoms with E-state index in [1.807, 2.05) is 25.5 Å². The monoisotopic (exact) mass is 540 g/mol. The van der Waals surface area contributed by atoms with Crippen LogP contribution in [0.15, 0.2) is 6.20 Å². The molecule has 0 saturated carbocycles. The van der Waals surface area contributed by atoms with Crippen molar-refractivity contribution in [2.24, 2.45) is 5.92 Å². The molecule has 11 heteroatoms. The van der Waals surface area contributed by atoms with Gasteiger partial charge in [-0.2, -0.15) is 5.10 Å². The van der Waals surface area contributed by atoms with Gasteiger partial charge in [-0.3, -0.25) is 14.3 Å². The Morgan fingerprint density at radius 3 is 2.55 bits per heavy atom. The maximum absolute atomic E-state index is 13.7. The first-order valence-electron chi connectivity index (χ1n) is 13.7. The van der Waals surface area contributed by atoms with Crippen molar-refractivity contribution >= 4 is 11.8 Å². The second-order valence-corrected chi connectivity index (χ2v) is 10.4. The van der Waals surface area contributed by atoms with E-state index in [9.17, 15) is 19.8 Å². The molecule has 218 valence electrons. The third kappa shape index (κ3) is 8.74. The van der Waals surface area contributed by atoms with Gasteiger partial charge in [0.1, 0.15) is 24.9 Å². The van der Waals surface area contributed by atoms with Gasteiger partial charge in [0.05, 0.1) is 24.4 Å². The molecule has 2 amide bonds. The maximum Gasteiger partial charge on any atom is 0.257 e. The summed E-state index contributed by atoms with van der Waals surface area (Å²) in [6, 6.07) is -0.554. The minimum atomic E-state index is -1.27. The number of amides is 2. The highest BCUT2D eigenvalue weighted by Gasteiger charge is 2.39. The van der Waals surface area contributed by atoms with E-state index in [1.165, 1.54) is 14.2 Å². The summed E-state index contributed by atoms with van der Waals surface area (Å²) in [6.45, 7) is 9.94. The highest BCUT2D eigenvalue weighted by Crippen LogP contribution is 2.23. The van der Waals surface area contributed by atoms with Crippen LogP contribution < -0.4 is 0 Å². The number of methoxy groups -OCH3 is 2. The molecule has 11 nitrogen and oxygen atoms in total. The second kappa shape index (κ2) is 16.1. The van der Waals surface area contributed by atoms with Crippen molar-refractivity contribution in [3.05, 3.63) is 17.5 Å². The van der Waals surface area contributed by atoms with Crippen LogP contribution in [0.4, 0.5) is 0 Å². The second-order valence-electron chi connectivity index (χ2n) is 10.4. The van der Waals surface area contributed by atoms with Gasteiger partial charge in [-0.25, -0.2) is 0 Å². The quantitative estimate of drug-likeness (QED) is 0.508. The molecule has 0 spiro atoms. The fourth-order valence-corrected chi connectivity index (χ4v) is 4.96. The van der Waals surface area contributed by atoms with Gasteiger partial charge < -0.3 is 34.2 Å².